The van der Waals surface area contributed by atoms with Crippen LogP contribution in [0, 0.1) is 23.5 Å². The highest BCUT2D eigenvalue weighted by molar-refractivity contribution is 5.91. The average Bonchev–Trinajstić information content (AvgIpc) is 3.51. The van der Waals surface area contributed by atoms with Gasteiger partial charge in [-0.1, -0.05) is 5.16 Å². The number of nitrogens with one attached hydrogen (secondary N) is 1. The van der Waals surface area contributed by atoms with Crippen molar-refractivity contribution in [2.24, 2.45) is 11.8 Å². The van der Waals surface area contributed by atoms with Gasteiger partial charge in [-0.15, -0.1) is 0 Å². The van der Waals surface area contributed by atoms with Crippen LogP contribution in [0.3, 0.4) is 0 Å². The van der Waals surface area contributed by atoms with Crippen LogP contribution < -0.4 is 15.1 Å². The summed E-state index contributed by atoms with van der Waals surface area (Å²) in [4.78, 5) is 34.5. The molecule has 0 unspecified atom stereocenters. The maximum Gasteiger partial charge on any atom is 0.292 e. The Morgan fingerprint density at radius 3 is 1.93 bits per heavy atom. The molecule has 4 heterocycles. The molecule has 2 amide bonds. The molecule has 3 saturated heterocycles. The van der Waals surface area contributed by atoms with Gasteiger partial charge in [0.15, 0.2) is 0 Å². The van der Waals surface area contributed by atoms with Crippen molar-refractivity contribution in [2.75, 3.05) is 75.2 Å². The number of piperazine rings is 2. The lowest BCUT2D eigenvalue weighted by molar-refractivity contribution is -0.133. The number of rotatable bonds is 7. The molecule has 1 N–H and O–H groups in total. The Morgan fingerprint density at radius 1 is 0.791 bits per heavy atom. The minimum Gasteiger partial charge on any atom is -0.368 e. The van der Waals surface area contributed by atoms with E-state index in [1.54, 1.807) is 35.2 Å². The summed E-state index contributed by atoms with van der Waals surface area (Å²) >= 11 is 0. The number of aromatic nitrogens is 1. The van der Waals surface area contributed by atoms with E-state index in [9.17, 15) is 18.4 Å². The molecule has 1 aromatic heterocycles. The number of halogens is 2. The molecule has 3 fully saturated rings. The molecule has 0 saturated carbocycles. The van der Waals surface area contributed by atoms with Crippen molar-refractivity contribution in [3.63, 3.8) is 0 Å². The summed E-state index contributed by atoms with van der Waals surface area (Å²) in [5.41, 5.74) is 2.65. The van der Waals surface area contributed by atoms with Crippen LogP contribution in [0.2, 0.25) is 0 Å². The number of amides is 2. The topological polar surface area (TPSA) is 85.2 Å². The molecule has 43 heavy (non-hydrogen) atoms. The van der Waals surface area contributed by atoms with Crippen LogP contribution in [0.15, 0.2) is 59.1 Å². The fraction of sp³-hybridized carbons (Fsp3) is 0.469. The summed E-state index contributed by atoms with van der Waals surface area (Å²) in [6, 6.07) is 14.7. The predicted molar refractivity (Wildman–Crippen MR) is 159 cm³/mol. The molecule has 3 aliphatic heterocycles. The van der Waals surface area contributed by atoms with Crippen LogP contribution in [-0.4, -0.2) is 92.2 Å². The number of hydrogen-bond donors (Lipinski definition) is 1. The molecule has 11 heteroatoms. The first-order valence-electron chi connectivity index (χ1n) is 15.2. The van der Waals surface area contributed by atoms with Crippen LogP contribution >= 0.6 is 0 Å². The maximum atomic E-state index is 13.3. The first-order valence-corrected chi connectivity index (χ1v) is 15.2. The molecule has 3 aromatic rings. The minimum atomic E-state index is -0.265. The highest BCUT2D eigenvalue weighted by atomic mass is 19.1. The van der Waals surface area contributed by atoms with Gasteiger partial charge in [-0.3, -0.25) is 9.59 Å². The second kappa shape index (κ2) is 13.1. The number of carbonyl (C=O) groups excluding carboxylic acids is 2. The van der Waals surface area contributed by atoms with Gasteiger partial charge in [0, 0.05) is 76.2 Å². The minimum absolute atomic E-state index is 0.173. The molecule has 2 aromatic carbocycles. The van der Waals surface area contributed by atoms with Gasteiger partial charge in [0.05, 0.1) is 5.69 Å². The Balaban J connectivity index is 0.992. The summed E-state index contributed by atoms with van der Waals surface area (Å²) in [7, 11) is 0. The SMILES string of the molecule is O=C(C[C@@H]1CCNC[C@@H]1Cc1cc(C(=O)N2CCN(c3ccc(F)cc3)CC2)on1)N1CCN(c2ccc(F)cc2)CC1. The molecule has 0 spiro atoms. The van der Waals surface area contributed by atoms with Gasteiger partial charge < -0.3 is 29.4 Å². The molecule has 0 radical (unpaired) electrons. The third-order valence-corrected chi connectivity index (χ3v) is 9.03. The van der Waals surface area contributed by atoms with Crippen LogP contribution in [0.4, 0.5) is 20.2 Å². The quantitative estimate of drug-likeness (QED) is 0.450. The number of carbonyl (C=O) groups is 2. The van der Waals surface area contributed by atoms with Crippen LogP contribution in [0.1, 0.15) is 29.1 Å². The molecular weight excluding hydrogens is 554 g/mol. The predicted octanol–water partition coefficient (Wildman–Crippen LogP) is 3.42. The Kier molecular flexibility index (Phi) is 8.87. The van der Waals surface area contributed by atoms with Crippen molar-refractivity contribution in [2.45, 2.75) is 19.3 Å². The molecular formula is C32H38F2N6O3. The molecule has 2 atom stereocenters. The standard InChI is InChI=1S/C32H38F2N6O3/c33-25-1-5-28(6-2-25)37-11-15-39(16-12-37)31(41)20-23-9-10-35-22-24(23)19-27-21-30(43-36-27)32(42)40-17-13-38(14-18-40)29-7-3-26(34)4-8-29/h1-8,21,23-24,35H,9-20,22H2/t23-,24-/m0/s1. The third kappa shape index (κ3) is 6.98. The highest BCUT2D eigenvalue weighted by Crippen LogP contribution is 2.28. The Hall–Kier alpha value is -3.99. The molecule has 6 rings (SSSR count). The molecule has 228 valence electrons. The maximum absolute atomic E-state index is 13.3. The Morgan fingerprint density at radius 2 is 1.35 bits per heavy atom. The lowest BCUT2D eigenvalue weighted by Crippen LogP contribution is -2.50. The Bertz CT molecular complexity index is 1380. The zero-order chi connectivity index (χ0) is 29.8. The molecule has 3 aliphatic rings. The van der Waals surface area contributed by atoms with E-state index in [1.807, 2.05) is 4.90 Å². The van der Waals surface area contributed by atoms with Crippen molar-refractivity contribution in [1.29, 1.82) is 0 Å². The van der Waals surface area contributed by atoms with E-state index >= 15 is 0 Å². The van der Waals surface area contributed by atoms with E-state index in [0.29, 0.717) is 52.1 Å². The van der Waals surface area contributed by atoms with Gasteiger partial charge in [-0.25, -0.2) is 8.78 Å². The van der Waals surface area contributed by atoms with Crippen molar-refractivity contribution >= 4 is 23.2 Å². The van der Waals surface area contributed by atoms with Crippen molar-refractivity contribution in [3.8, 4) is 0 Å². The van der Waals surface area contributed by atoms with Gasteiger partial charge in [0.1, 0.15) is 11.6 Å². The summed E-state index contributed by atoms with van der Waals surface area (Å²) in [5, 5.41) is 7.67. The number of nitrogens with zero attached hydrogens (tertiary/aromatic N) is 5. The van der Waals surface area contributed by atoms with E-state index in [1.165, 1.54) is 24.3 Å². The molecule has 0 bridgehead atoms. The molecule has 0 aliphatic carbocycles. The van der Waals surface area contributed by atoms with E-state index < -0.39 is 0 Å². The summed E-state index contributed by atoms with van der Waals surface area (Å²) < 4.78 is 32.0. The highest BCUT2D eigenvalue weighted by Gasteiger charge is 2.32. The fourth-order valence-electron chi connectivity index (χ4n) is 6.46. The third-order valence-electron chi connectivity index (χ3n) is 9.03. The van der Waals surface area contributed by atoms with Crippen molar-refractivity contribution in [3.05, 3.63) is 77.7 Å². The summed E-state index contributed by atoms with van der Waals surface area (Å²) in [5.74, 6) is 0.155. The zero-order valence-corrected chi connectivity index (χ0v) is 24.3. The van der Waals surface area contributed by atoms with Gasteiger partial charge in [0.25, 0.3) is 5.91 Å². The number of piperidine rings is 1. The second-order valence-corrected chi connectivity index (χ2v) is 11.7. The van der Waals surface area contributed by atoms with Gasteiger partial charge >= 0.3 is 0 Å². The lowest BCUT2D eigenvalue weighted by Gasteiger charge is -2.38. The summed E-state index contributed by atoms with van der Waals surface area (Å²) in [6.45, 7) is 6.82. The monoisotopic (exact) mass is 592 g/mol. The molecule has 9 nitrogen and oxygen atoms in total. The average molecular weight is 593 g/mol. The second-order valence-electron chi connectivity index (χ2n) is 11.7. The fourth-order valence-corrected chi connectivity index (χ4v) is 6.46. The van der Waals surface area contributed by atoms with Crippen molar-refractivity contribution < 1.29 is 22.9 Å². The largest absolute Gasteiger partial charge is 0.368 e. The van der Waals surface area contributed by atoms with Crippen LogP contribution in [-0.2, 0) is 11.2 Å². The van der Waals surface area contributed by atoms with E-state index in [-0.39, 0.29) is 41.0 Å². The lowest BCUT2D eigenvalue weighted by atomic mass is 9.81. The number of anilines is 2. The smallest absolute Gasteiger partial charge is 0.292 e. The first kappa shape index (κ1) is 29.1. The zero-order valence-electron chi connectivity index (χ0n) is 24.3. The van der Waals surface area contributed by atoms with Crippen molar-refractivity contribution in [1.82, 2.24) is 20.3 Å². The van der Waals surface area contributed by atoms with E-state index in [0.717, 1.165) is 49.7 Å². The normalized spacial score (nSPS) is 21.3. The van der Waals surface area contributed by atoms with E-state index in [4.69, 9.17) is 4.52 Å². The van der Waals surface area contributed by atoms with Gasteiger partial charge in [-0.05, 0) is 86.3 Å². The van der Waals surface area contributed by atoms with Gasteiger partial charge in [-0.2, -0.15) is 0 Å². The van der Waals surface area contributed by atoms with E-state index in [2.05, 4.69) is 20.3 Å². The Labute approximate surface area is 250 Å². The van der Waals surface area contributed by atoms with Gasteiger partial charge in [0.2, 0.25) is 11.7 Å². The van der Waals surface area contributed by atoms with Crippen LogP contribution in [0.25, 0.3) is 0 Å². The number of benzene rings is 2. The number of hydrogen-bond acceptors (Lipinski definition) is 7. The first-order chi connectivity index (χ1) is 20.9. The summed E-state index contributed by atoms with van der Waals surface area (Å²) in [6.07, 6.45) is 2.04. The van der Waals surface area contributed by atoms with Crippen LogP contribution in [0.5, 0.6) is 0 Å².